The Kier molecular flexibility index (Phi) is 5.54. The molecule has 1 atom stereocenters. The first-order valence-electron chi connectivity index (χ1n) is 6.75. The molecule has 7 nitrogen and oxygen atoms in total. The Morgan fingerprint density at radius 3 is 2.83 bits per heavy atom. The maximum atomic E-state index is 12.9. The average Bonchev–Trinajstić information content (AvgIpc) is 2.91. The summed E-state index contributed by atoms with van der Waals surface area (Å²) in [6.45, 7) is 1.53. The fraction of sp³-hybridized carbons (Fsp3) is 0.357. The van der Waals surface area contributed by atoms with Crippen LogP contribution in [0.15, 0.2) is 22.7 Å². The lowest BCUT2D eigenvalue weighted by Crippen LogP contribution is -2.42. The number of benzene rings is 1. The topological polar surface area (TPSA) is 84.9 Å². The molecule has 1 aliphatic heterocycles. The first-order valence-corrected chi connectivity index (χ1v) is 7.54. The number of ether oxygens (including phenoxy) is 2. The minimum atomic E-state index is -1.10. The van der Waals surface area contributed by atoms with Crippen molar-refractivity contribution in [1.82, 2.24) is 10.2 Å². The zero-order valence-corrected chi connectivity index (χ0v) is 13.8. The maximum Gasteiger partial charge on any atom is 0.344 e. The van der Waals surface area contributed by atoms with Gasteiger partial charge >= 0.3 is 12.0 Å². The third-order valence-electron chi connectivity index (χ3n) is 3.02. The molecule has 0 bridgehead atoms. The molecule has 23 heavy (non-hydrogen) atoms. The summed E-state index contributed by atoms with van der Waals surface area (Å²) < 4.78 is 23.4. The number of hydrogen-bond acceptors (Lipinski definition) is 5. The van der Waals surface area contributed by atoms with Gasteiger partial charge in [0.25, 0.3) is 5.91 Å². The molecule has 0 aliphatic carbocycles. The van der Waals surface area contributed by atoms with Crippen molar-refractivity contribution in [2.45, 2.75) is 13.0 Å². The van der Waals surface area contributed by atoms with Gasteiger partial charge in [0.05, 0.1) is 4.47 Å². The predicted molar refractivity (Wildman–Crippen MR) is 80.3 cm³/mol. The number of hydrogen-bond donors (Lipinski definition) is 1. The maximum absolute atomic E-state index is 12.9. The molecule has 1 fully saturated rings. The lowest BCUT2D eigenvalue weighted by Gasteiger charge is -2.18. The Morgan fingerprint density at radius 2 is 2.22 bits per heavy atom. The minimum Gasteiger partial charge on any atom is -0.481 e. The van der Waals surface area contributed by atoms with Crippen LogP contribution in [-0.4, -0.2) is 48.6 Å². The second-order valence-electron chi connectivity index (χ2n) is 4.72. The average molecular weight is 389 g/mol. The van der Waals surface area contributed by atoms with Crippen molar-refractivity contribution < 1.29 is 28.2 Å². The lowest BCUT2D eigenvalue weighted by molar-refractivity contribution is -0.159. The molecule has 1 heterocycles. The van der Waals surface area contributed by atoms with E-state index in [9.17, 15) is 18.8 Å². The summed E-state index contributed by atoms with van der Waals surface area (Å²) in [4.78, 5) is 36.0. The van der Waals surface area contributed by atoms with Gasteiger partial charge < -0.3 is 14.8 Å². The number of amides is 3. The highest BCUT2D eigenvalue weighted by Crippen LogP contribution is 2.25. The van der Waals surface area contributed by atoms with Gasteiger partial charge in [0, 0.05) is 13.1 Å². The van der Waals surface area contributed by atoms with Crippen molar-refractivity contribution in [3.63, 3.8) is 0 Å². The van der Waals surface area contributed by atoms with E-state index in [0.717, 1.165) is 4.90 Å². The third kappa shape index (κ3) is 4.41. The molecule has 1 aliphatic rings. The molecule has 0 aromatic heterocycles. The predicted octanol–water partition coefficient (Wildman–Crippen LogP) is 1.45. The van der Waals surface area contributed by atoms with Crippen molar-refractivity contribution in [3.05, 3.63) is 28.5 Å². The van der Waals surface area contributed by atoms with Gasteiger partial charge in [-0.15, -0.1) is 0 Å². The number of nitrogens with zero attached hydrogens (tertiary/aromatic N) is 1. The Bertz CT molecular complexity index is 640. The Morgan fingerprint density at radius 1 is 1.48 bits per heavy atom. The molecule has 1 saturated heterocycles. The van der Waals surface area contributed by atoms with E-state index in [0.29, 0.717) is 11.0 Å². The van der Waals surface area contributed by atoms with Crippen LogP contribution in [0.1, 0.15) is 6.92 Å². The highest BCUT2D eigenvalue weighted by molar-refractivity contribution is 9.10. The Hall–Kier alpha value is -2.16. The smallest absolute Gasteiger partial charge is 0.344 e. The van der Waals surface area contributed by atoms with Crippen LogP contribution in [0.3, 0.4) is 0 Å². The van der Waals surface area contributed by atoms with Gasteiger partial charge in [0.1, 0.15) is 11.6 Å². The van der Waals surface area contributed by atoms with Crippen molar-refractivity contribution in [2.24, 2.45) is 0 Å². The van der Waals surface area contributed by atoms with E-state index in [2.05, 4.69) is 21.2 Å². The second kappa shape index (κ2) is 7.40. The molecular weight excluding hydrogens is 375 g/mol. The van der Waals surface area contributed by atoms with E-state index >= 15 is 0 Å². The largest absolute Gasteiger partial charge is 0.481 e. The van der Waals surface area contributed by atoms with Crippen LogP contribution in [0, 0.1) is 5.82 Å². The summed E-state index contributed by atoms with van der Waals surface area (Å²) in [7, 11) is 0. The summed E-state index contributed by atoms with van der Waals surface area (Å²) in [6.07, 6.45) is -1.10. The molecule has 2 rings (SSSR count). The molecule has 9 heteroatoms. The zero-order chi connectivity index (χ0) is 17.0. The van der Waals surface area contributed by atoms with E-state index in [1.54, 1.807) is 0 Å². The van der Waals surface area contributed by atoms with Crippen LogP contribution in [0.4, 0.5) is 9.18 Å². The van der Waals surface area contributed by atoms with Crippen LogP contribution in [0.2, 0.25) is 0 Å². The first-order chi connectivity index (χ1) is 10.9. The van der Waals surface area contributed by atoms with Crippen molar-refractivity contribution >= 4 is 33.8 Å². The molecule has 0 saturated carbocycles. The molecule has 1 N–H and O–H groups in total. The van der Waals surface area contributed by atoms with Crippen LogP contribution < -0.4 is 10.1 Å². The fourth-order valence-electron chi connectivity index (χ4n) is 1.91. The molecule has 0 radical (unpaired) electrons. The Balaban J connectivity index is 1.84. The van der Waals surface area contributed by atoms with Gasteiger partial charge in [0.15, 0.2) is 12.7 Å². The number of imide groups is 1. The standard InChI is InChI=1S/C14H14BrFN2O5/c1-8(13(20)18-5-4-17-14(18)21)23-12(19)7-22-11-3-2-9(16)6-10(11)15/h2-3,6,8H,4-5,7H2,1H3,(H,17,21)/t8-/m1/s1. The van der Waals surface area contributed by atoms with Gasteiger partial charge in [-0.3, -0.25) is 9.69 Å². The number of esters is 1. The third-order valence-corrected chi connectivity index (χ3v) is 3.64. The highest BCUT2D eigenvalue weighted by atomic mass is 79.9. The van der Waals surface area contributed by atoms with Crippen LogP contribution in [-0.2, 0) is 14.3 Å². The van der Waals surface area contributed by atoms with Crippen molar-refractivity contribution in [1.29, 1.82) is 0 Å². The number of carbonyl (C=O) groups excluding carboxylic acids is 3. The number of carbonyl (C=O) groups is 3. The van der Waals surface area contributed by atoms with Crippen LogP contribution >= 0.6 is 15.9 Å². The molecule has 1 aromatic rings. The second-order valence-corrected chi connectivity index (χ2v) is 5.57. The van der Waals surface area contributed by atoms with E-state index < -0.39 is 36.4 Å². The summed E-state index contributed by atoms with van der Waals surface area (Å²) in [6, 6.07) is 3.22. The normalized spacial score (nSPS) is 15.1. The van der Waals surface area contributed by atoms with Gasteiger partial charge in [-0.05, 0) is 41.1 Å². The molecule has 1 aromatic carbocycles. The van der Waals surface area contributed by atoms with E-state index in [4.69, 9.17) is 9.47 Å². The monoisotopic (exact) mass is 388 g/mol. The number of nitrogens with one attached hydrogen (secondary N) is 1. The summed E-state index contributed by atoms with van der Waals surface area (Å²) in [5.74, 6) is -1.56. The van der Waals surface area contributed by atoms with Crippen LogP contribution in [0.25, 0.3) is 0 Å². The van der Waals surface area contributed by atoms with E-state index in [1.165, 1.54) is 25.1 Å². The van der Waals surface area contributed by atoms with Gasteiger partial charge in [0.2, 0.25) is 0 Å². The SMILES string of the molecule is C[C@@H](OC(=O)COc1ccc(F)cc1Br)C(=O)N1CCNC1=O. The molecule has 124 valence electrons. The lowest BCUT2D eigenvalue weighted by atomic mass is 10.3. The van der Waals surface area contributed by atoms with Gasteiger partial charge in [-0.2, -0.15) is 0 Å². The van der Waals surface area contributed by atoms with E-state index in [1.807, 2.05) is 0 Å². The Labute approximate surface area is 139 Å². The minimum absolute atomic E-state index is 0.235. The molecule has 0 unspecified atom stereocenters. The number of urea groups is 1. The highest BCUT2D eigenvalue weighted by Gasteiger charge is 2.31. The fourth-order valence-corrected chi connectivity index (χ4v) is 2.38. The number of rotatable bonds is 5. The molecule has 3 amide bonds. The van der Waals surface area contributed by atoms with Crippen molar-refractivity contribution in [3.8, 4) is 5.75 Å². The first kappa shape index (κ1) is 17.2. The van der Waals surface area contributed by atoms with Gasteiger partial charge in [-0.25, -0.2) is 14.0 Å². The summed E-state index contributed by atoms with van der Waals surface area (Å²) in [5.41, 5.74) is 0. The van der Waals surface area contributed by atoms with Crippen molar-refractivity contribution in [2.75, 3.05) is 19.7 Å². The quantitative estimate of drug-likeness (QED) is 0.771. The van der Waals surface area contributed by atoms with Crippen LogP contribution in [0.5, 0.6) is 5.75 Å². The van der Waals surface area contributed by atoms with E-state index in [-0.39, 0.29) is 12.3 Å². The molecule has 0 spiro atoms. The summed E-state index contributed by atoms with van der Waals surface area (Å²) >= 11 is 3.10. The number of halogens is 2. The molecular formula is C14H14BrFN2O5. The zero-order valence-electron chi connectivity index (χ0n) is 12.2. The van der Waals surface area contributed by atoms with Gasteiger partial charge in [-0.1, -0.05) is 0 Å². The summed E-state index contributed by atoms with van der Waals surface area (Å²) in [5, 5.41) is 2.48.